The van der Waals surface area contributed by atoms with Crippen LogP contribution in [-0.4, -0.2) is 27.9 Å². The van der Waals surface area contributed by atoms with Crippen LogP contribution >= 0.6 is 0 Å². The number of nitrogen functional groups attached to an aromatic ring is 1. The van der Waals surface area contributed by atoms with Crippen LogP contribution in [0, 0.1) is 6.92 Å². The highest BCUT2D eigenvalue weighted by Gasteiger charge is 2.16. The fourth-order valence-electron chi connectivity index (χ4n) is 2.10. The molecule has 1 aliphatic heterocycles. The number of anilines is 2. The molecule has 1 aliphatic rings. The van der Waals surface area contributed by atoms with Gasteiger partial charge in [0, 0.05) is 19.6 Å². The highest BCUT2D eigenvalue weighted by atomic mass is 15.5. The van der Waals surface area contributed by atoms with Gasteiger partial charge in [-0.25, -0.2) is 9.69 Å². The van der Waals surface area contributed by atoms with E-state index in [1.165, 1.54) is 19.3 Å². The molecular formula is C11H21N5. The molecule has 1 saturated heterocycles. The lowest BCUT2D eigenvalue weighted by molar-refractivity contribution is 0.270. The number of piperidine rings is 1. The second-order valence-corrected chi connectivity index (χ2v) is 4.32. The van der Waals surface area contributed by atoms with Gasteiger partial charge in [-0.2, -0.15) is 5.10 Å². The van der Waals surface area contributed by atoms with Gasteiger partial charge >= 0.3 is 0 Å². The van der Waals surface area contributed by atoms with E-state index in [0.29, 0.717) is 0 Å². The molecule has 0 saturated carbocycles. The van der Waals surface area contributed by atoms with Gasteiger partial charge in [-0.1, -0.05) is 6.42 Å². The van der Waals surface area contributed by atoms with Crippen LogP contribution in [0.15, 0.2) is 0 Å². The minimum absolute atomic E-state index is 0.771. The standard InChI is InChI=1S/C11H21N5/c1-3-16-11(10(12)9(2)13-16)14-15-7-5-4-6-8-15/h14H,3-8,12H2,1-2H3. The molecule has 5 heteroatoms. The number of rotatable bonds is 3. The number of nitrogens with zero attached hydrogens (tertiary/aromatic N) is 3. The van der Waals surface area contributed by atoms with E-state index in [9.17, 15) is 0 Å². The van der Waals surface area contributed by atoms with Gasteiger partial charge in [-0.15, -0.1) is 0 Å². The summed E-state index contributed by atoms with van der Waals surface area (Å²) < 4.78 is 1.93. The van der Waals surface area contributed by atoms with Gasteiger partial charge in [-0.3, -0.25) is 0 Å². The van der Waals surface area contributed by atoms with Crippen molar-refractivity contribution >= 4 is 11.5 Å². The smallest absolute Gasteiger partial charge is 0.162 e. The summed E-state index contributed by atoms with van der Waals surface area (Å²) in [7, 11) is 0. The average Bonchev–Trinajstić information content (AvgIpc) is 2.58. The Morgan fingerprint density at radius 1 is 1.31 bits per heavy atom. The number of aryl methyl sites for hydroxylation is 2. The lowest BCUT2D eigenvalue weighted by atomic mass is 10.2. The zero-order valence-corrected chi connectivity index (χ0v) is 10.2. The summed E-state index contributed by atoms with van der Waals surface area (Å²) in [5.74, 6) is 0.946. The van der Waals surface area contributed by atoms with Gasteiger partial charge in [0.1, 0.15) is 0 Å². The van der Waals surface area contributed by atoms with E-state index < -0.39 is 0 Å². The Balaban J connectivity index is 2.12. The minimum Gasteiger partial charge on any atom is -0.394 e. The SMILES string of the molecule is CCn1nc(C)c(N)c1NN1CCCCC1. The van der Waals surface area contributed by atoms with Crippen molar-refractivity contribution in [2.75, 3.05) is 24.2 Å². The molecule has 1 aromatic heterocycles. The molecule has 0 atom stereocenters. The molecule has 2 rings (SSSR count). The molecular weight excluding hydrogens is 202 g/mol. The minimum atomic E-state index is 0.771. The molecule has 90 valence electrons. The Labute approximate surface area is 96.6 Å². The number of nitrogens with two attached hydrogens (primary N) is 1. The third-order valence-electron chi connectivity index (χ3n) is 3.09. The topological polar surface area (TPSA) is 59.1 Å². The first-order chi connectivity index (χ1) is 7.72. The van der Waals surface area contributed by atoms with E-state index in [-0.39, 0.29) is 0 Å². The molecule has 1 fully saturated rings. The molecule has 0 aliphatic carbocycles. The van der Waals surface area contributed by atoms with Crippen molar-refractivity contribution < 1.29 is 0 Å². The maximum atomic E-state index is 6.02. The highest BCUT2D eigenvalue weighted by Crippen LogP contribution is 2.23. The van der Waals surface area contributed by atoms with Crippen molar-refractivity contribution in [3.63, 3.8) is 0 Å². The van der Waals surface area contributed by atoms with Gasteiger partial charge in [0.15, 0.2) is 5.82 Å². The maximum Gasteiger partial charge on any atom is 0.162 e. The molecule has 2 heterocycles. The van der Waals surface area contributed by atoms with Crippen molar-refractivity contribution in [3.8, 4) is 0 Å². The zero-order valence-electron chi connectivity index (χ0n) is 10.2. The van der Waals surface area contributed by atoms with E-state index >= 15 is 0 Å². The van der Waals surface area contributed by atoms with Crippen LogP contribution in [0.1, 0.15) is 31.9 Å². The fourth-order valence-corrected chi connectivity index (χ4v) is 2.10. The van der Waals surface area contributed by atoms with Gasteiger partial charge < -0.3 is 11.2 Å². The molecule has 0 bridgehead atoms. The molecule has 0 radical (unpaired) electrons. The van der Waals surface area contributed by atoms with E-state index in [1.54, 1.807) is 0 Å². The summed E-state index contributed by atoms with van der Waals surface area (Å²) in [5, 5.41) is 6.64. The summed E-state index contributed by atoms with van der Waals surface area (Å²) in [6.45, 7) is 7.05. The van der Waals surface area contributed by atoms with E-state index in [4.69, 9.17) is 5.73 Å². The predicted octanol–water partition coefficient (Wildman–Crippen LogP) is 1.61. The van der Waals surface area contributed by atoms with Gasteiger partial charge in [0.2, 0.25) is 0 Å². The number of nitrogens with one attached hydrogen (secondary N) is 1. The zero-order chi connectivity index (χ0) is 11.5. The second-order valence-electron chi connectivity index (χ2n) is 4.32. The van der Waals surface area contributed by atoms with Crippen molar-refractivity contribution in [2.45, 2.75) is 39.7 Å². The first-order valence-electron chi connectivity index (χ1n) is 6.07. The van der Waals surface area contributed by atoms with E-state index in [0.717, 1.165) is 36.8 Å². The van der Waals surface area contributed by atoms with Crippen LogP contribution < -0.4 is 11.2 Å². The predicted molar refractivity (Wildman–Crippen MR) is 66.1 cm³/mol. The van der Waals surface area contributed by atoms with Crippen molar-refractivity contribution in [3.05, 3.63) is 5.69 Å². The third-order valence-corrected chi connectivity index (χ3v) is 3.09. The van der Waals surface area contributed by atoms with Crippen LogP contribution in [0.3, 0.4) is 0 Å². The molecule has 3 N–H and O–H groups in total. The summed E-state index contributed by atoms with van der Waals surface area (Å²) in [5.41, 5.74) is 11.1. The molecule has 0 unspecified atom stereocenters. The Hall–Kier alpha value is -1.23. The van der Waals surface area contributed by atoms with Gasteiger partial charge in [0.05, 0.1) is 11.4 Å². The first-order valence-corrected chi connectivity index (χ1v) is 6.07. The molecule has 16 heavy (non-hydrogen) atoms. The maximum absolute atomic E-state index is 6.02. The lowest BCUT2D eigenvalue weighted by Crippen LogP contribution is -2.35. The van der Waals surface area contributed by atoms with Crippen LogP contribution in [0.4, 0.5) is 11.5 Å². The number of hydrogen-bond acceptors (Lipinski definition) is 4. The van der Waals surface area contributed by atoms with Gasteiger partial charge in [0.25, 0.3) is 0 Å². The first kappa shape index (κ1) is 11.3. The number of aromatic nitrogens is 2. The van der Waals surface area contributed by atoms with Crippen LogP contribution in [0.25, 0.3) is 0 Å². The monoisotopic (exact) mass is 223 g/mol. The van der Waals surface area contributed by atoms with Crippen LogP contribution in [-0.2, 0) is 6.54 Å². The van der Waals surface area contributed by atoms with Crippen molar-refractivity contribution in [1.82, 2.24) is 14.8 Å². The second kappa shape index (κ2) is 4.74. The Kier molecular flexibility index (Phi) is 3.33. The fraction of sp³-hybridized carbons (Fsp3) is 0.727. The summed E-state index contributed by atoms with van der Waals surface area (Å²) in [6, 6.07) is 0. The van der Waals surface area contributed by atoms with E-state index in [2.05, 4.69) is 22.5 Å². The molecule has 0 aromatic carbocycles. The summed E-state index contributed by atoms with van der Waals surface area (Å²) in [6.07, 6.45) is 3.85. The van der Waals surface area contributed by atoms with Gasteiger partial charge in [-0.05, 0) is 26.7 Å². The van der Waals surface area contributed by atoms with Crippen LogP contribution in [0.5, 0.6) is 0 Å². The lowest BCUT2D eigenvalue weighted by Gasteiger charge is -2.28. The van der Waals surface area contributed by atoms with Crippen LogP contribution in [0.2, 0.25) is 0 Å². The largest absolute Gasteiger partial charge is 0.394 e. The number of hydrazine groups is 1. The quantitative estimate of drug-likeness (QED) is 0.817. The molecule has 0 spiro atoms. The molecule has 0 amide bonds. The highest BCUT2D eigenvalue weighted by molar-refractivity contribution is 5.64. The van der Waals surface area contributed by atoms with E-state index in [1.807, 2.05) is 11.6 Å². The summed E-state index contributed by atoms with van der Waals surface area (Å²) >= 11 is 0. The Bertz CT molecular complexity index is 352. The normalized spacial score (nSPS) is 17.6. The summed E-state index contributed by atoms with van der Waals surface area (Å²) in [4.78, 5) is 0. The number of hydrogen-bond donors (Lipinski definition) is 2. The average molecular weight is 223 g/mol. The third kappa shape index (κ3) is 2.14. The Morgan fingerprint density at radius 3 is 2.62 bits per heavy atom. The van der Waals surface area contributed by atoms with Crippen molar-refractivity contribution in [2.24, 2.45) is 0 Å². The van der Waals surface area contributed by atoms with Crippen molar-refractivity contribution in [1.29, 1.82) is 0 Å². The Morgan fingerprint density at radius 2 is 2.00 bits per heavy atom. The molecule has 1 aromatic rings. The molecule has 5 nitrogen and oxygen atoms in total.